The van der Waals surface area contributed by atoms with Crippen LogP contribution in [0.25, 0.3) is 0 Å². The van der Waals surface area contributed by atoms with Crippen molar-refractivity contribution < 1.29 is 19.4 Å². The first-order chi connectivity index (χ1) is 9.36. The molecule has 5 nitrogen and oxygen atoms in total. The van der Waals surface area contributed by atoms with E-state index in [1.165, 1.54) is 6.92 Å². The highest BCUT2D eigenvalue weighted by Gasteiger charge is 2.26. The molecule has 1 rings (SSSR count). The van der Waals surface area contributed by atoms with E-state index in [0.29, 0.717) is 23.1 Å². The van der Waals surface area contributed by atoms with Gasteiger partial charge in [0.2, 0.25) is 5.91 Å². The third-order valence-corrected chi connectivity index (χ3v) is 3.29. The van der Waals surface area contributed by atoms with Crippen LogP contribution in [0.5, 0.6) is 5.75 Å². The lowest BCUT2D eigenvalue weighted by molar-refractivity contribution is -0.145. The van der Waals surface area contributed by atoms with E-state index in [9.17, 15) is 9.59 Å². The van der Waals surface area contributed by atoms with E-state index in [4.69, 9.17) is 21.4 Å². The first-order valence-corrected chi connectivity index (χ1v) is 6.70. The minimum Gasteiger partial charge on any atom is -0.492 e. The van der Waals surface area contributed by atoms with E-state index in [2.05, 4.69) is 5.32 Å². The van der Waals surface area contributed by atoms with Gasteiger partial charge in [0.05, 0.1) is 18.2 Å². The molecule has 0 bridgehead atoms. The average molecular weight is 300 g/mol. The van der Waals surface area contributed by atoms with Crippen molar-refractivity contribution in [3.8, 4) is 5.75 Å². The molecule has 2 atom stereocenters. The molecule has 0 aromatic heterocycles. The predicted octanol–water partition coefficient (Wildman–Crippen LogP) is 3.03. The number of rotatable bonds is 6. The standard InChI is InChI=1S/C14H18ClNO4/c1-4-20-12-6-5-10(15)7-11(12)16-13(17)8(2)9(3)14(18)19/h5-9H,4H2,1-3H3,(H,16,17)(H,18,19). The van der Waals surface area contributed by atoms with Crippen molar-refractivity contribution in [1.29, 1.82) is 0 Å². The molecule has 0 radical (unpaired) electrons. The summed E-state index contributed by atoms with van der Waals surface area (Å²) < 4.78 is 5.39. The van der Waals surface area contributed by atoms with Gasteiger partial charge in [-0.2, -0.15) is 0 Å². The summed E-state index contributed by atoms with van der Waals surface area (Å²) in [7, 11) is 0. The number of carbonyl (C=O) groups is 2. The van der Waals surface area contributed by atoms with Gasteiger partial charge >= 0.3 is 5.97 Å². The first kappa shape index (κ1) is 16.3. The molecule has 110 valence electrons. The van der Waals surface area contributed by atoms with E-state index in [0.717, 1.165) is 0 Å². The number of amides is 1. The van der Waals surface area contributed by atoms with Gasteiger partial charge < -0.3 is 15.2 Å². The van der Waals surface area contributed by atoms with Gasteiger partial charge in [-0.3, -0.25) is 9.59 Å². The Morgan fingerprint density at radius 2 is 2.00 bits per heavy atom. The minimum atomic E-state index is -1.01. The van der Waals surface area contributed by atoms with Crippen LogP contribution in [0.3, 0.4) is 0 Å². The van der Waals surface area contributed by atoms with E-state index >= 15 is 0 Å². The number of hydrogen-bond acceptors (Lipinski definition) is 3. The Bertz CT molecular complexity index is 504. The van der Waals surface area contributed by atoms with Crippen molar-refractivity contribution in [2.24, 2.45) is 11.8 Å². The summed E-state index contributed by atoms with van der Waals surface area (Å²) in [5.41, 5.74) is 0.439. The van der Waals surface area contributed by atoms with Crippen LogP contribution in [0.1, 0.15) is 20.8 Å². The Morgan fingerprint density at radius 1 is 1.35 bits per heavy atom. The minimum absolute atomic E-state index is 0.386. The van der Waals surface area contributed by atoms with E-state index in [-0.39, 0.29) is 5.91 Å². The molecule has 0 fully saturated rings. The number of aliphatic carboxylic acids is 1. The number of benzene rings is 1. The molecule has 1 amide bonds. The van der Waals surface area contributed by atoms with Crippen molar-refractivity contribution in [2.75, 3.05) is 11.9 Å². The van der Waals surface area contributed by atoms with E-state index < -0.39 is 17.8 Å². The number of anilines is 1. The summed E-state index contributed by atoms with van der Waals surface area (Å²) >= 11 is 5.89. The highest BCUT2D eigenvalue weighted by atomic mass is 35.5. The van der Waals surface area contributed by atoms with Crippen molar-refractivity contribution in [2.45, 2.75) is 20.8 Å². The third kappa shape index (κ3) is 4.13. The van der Waals surface area contributed by atoms with Crippen LogP contribution in [-0.4, -0.2) is 23.6 Å². The number of halogens is 1. The summed E-state index contributed by atoms with van der Waals surface area (Å²) in [6, 6.07) is 4.89. The first-order valence-electron chi connectivity index (χ1n) is 6.32. The van der Waals surface area contributed by atoms with Gasteiger partial charge in [0.1, 0.15) is 5.75 Å². The van der Waals surface area contributed by atoms with Crippen molar-refractivity contribution in [3.63, 3.8) is 0 Å². The normalized spacial score (nSPS) is 13.4. The highest BCUT2D eigenvalue weighted by molar-refractivity contribution is 6.31. The molecule has 0 saturated carbocycles. The Labute approximate surface area is 122 Å². The number of carboxylic acids is 1. The summed E-state index contributed by atoms with van der Waals surface area (Å²) in [6.45, 7) is 5.34. The zero-order valence-corrected chi connectivity index (χ0v) is 12.4. The molecule has 2 N–H and O–H groups in total. The number of nitrogens with one attached hydrogen (secondary N) is 1. The Morgan fingerprint density at radius 3 is 2.55 bits per heavy atom. The largest absolute Gasteiger partial charge is 0.492 e. The molecule has 1 aromatic carbocycles. The maximum absolute atomic E-state index is 12.1. The smallest absolute Gasteiger partial charge is 0.307 e. The molecule has 0 aliphatic rings. The average Bonchev–Trinajstić information content (AvgIpc) is 2.40. The SMILES string of the molecule is CCOc1ccc(Cl)cc1NC(=O)C(C)C(C)C(=O)O. The maximum atomic E-state index is 12.1. The van der Waals surface area contributed by atoms with Gasteiger partial charge in [-0.1, -0.05) is 25.4 Å². The molecule has 6 heteroatoms. The summed E-state index contributed by atoms with van der Waals surface area (Å²) in [5.74, 6) is -2.34. The van der Waals surface area contributed by atoms with Crippen molar-refractivity contribution >= 4 is 29.2 Å². The van der Waals surface area contributed by atoms with E-state index in [1.54, 1.807) is 25.1 Å². The van der Waals surface area contributed by atoms with Crippen LogP contribution in [0, 0.1) is 11.8 Å². The zero-order valence-electron chi connectivity index (χ0n) is 11.6. The van der Waals surface area contributed by atoms with Gasteiger partial charge in [0.15, 0.2) is 0 Å². The fourth-order valence-electron chi connectivity index (χ4n) is 1.57. The topological polar surface area (TPSA) is 75.6 Å². The van der Waals surface area contributed by atoms with Gasteiger partial charge in [0.25, 0.3) is 0 Å². The highest BCUT2D eigenvalue weighted by Crippen LogP contribution is 2.29. The van der Waals surface area contributed by atoms with Crippen molar-refractivity contribution in [3.05, 3.63) is 23.2 Å². The second-order valence-electron chi connectivity index (χ2n) is 4.48. The number of carboxylic acid groups (broad SMARTS) is 1. The van der Waals surface area contributed by atoms with Gasteiger partial charge in [-0.05, 0) is 25.1 Å². The Hall–Kier alpha value is -1.75. The molecule has 0 aliphatic heterocycles. The molecular formula is C14H18ClNO4. The molecule has 2 unspecified atom stereocenters. The lowest BCUT2D eigenvalue weighted by Gasteiger charge is -2.17. The summed E-state index contributed by atoms with van der Waals surface area (Å²) in [5, 5.41) is 12.0. The number of hydrogen-bond donors (Lipinski definition) is 2. The monoisotopic (exact) mass is 299 g/mol. The Kier molecular flexibility index (Phi) is 5.82. The molecule has 0 spiro atoms. The lowest BCUT2D eigenvalue weighted by Crippen LogP contribution is -2.30. The number of carbonyl (C=O) groups excluding carboxylic acids is 1. The van der Waals surface area contributed by atoms with Gasteiger partial charge in [-0.15, -0.1) is 0 Å². The second kappa shape index (κ2) is 7.14. The maximum Gasteiger partial charge on any atom is 0.307 e. The van der Waals surface area contributed by atoms with Crippen LogP contribution in [-0.2, 0) is 9.59 Å². The van der Waals surface area contributed by atoms with E-state index in [1.807, 2.05) is 6.92 Å². The summed E-state index contributed by atoms with van der Waals surface area (Å²) in [6.07, 6.45) is 0. The second-order valence-corrected chi connectivity index (χ2v) is 4.91. The molecular weight excluding hydrogens is 282 g/mol. The van der Waals surface area contributed by atoms with Crippen LogP contribution in [0.4, 0.5) is 5.69 Å². The van der Waals surface area contributed by atoms with Crippen LogP contribution in [0.2, 0.25) is 5.02 Å². The molecule has 0 aliphatic carbocycles. The zero-order chi connectivity index (χ0) is 15.3. The molecule has 1 aromatic rings. The quantitative estimate of drug-likeness (QED) is 0.846. The van der Waals surface area contributed by atoms with Gasteiger partial charge in [0, 0.05) is 10.9 Å². The molecule has 0 saturated heterocycles. The summed E-state index contributed by atoms with van der Waals surface area (Å²) in [4.78, 5) is 22.9. The van der Waals surface area contributed by atoms with Crippen LogP contribution >= 0.6 is 11.6 Å². The fraction of sp³-hybridized carbons (Fsp3) is 0.429. The predicted molar refractivity (Wildman–Crippen MR) is 77.2 cm³/mol. The van der Waals surface area contributed by atoms with Crippen molar-refractivity contribution in [1.82, 2.24) is 0 Å². The molecule has 0 heterocycles. The van der Waals surface area contributed by atoms with Crippen LogP contribution < -0.4 is 10.1 Å². The lowest BCUT2D eigenvalue weighted by atomic mass is 9.95. The van der Waals surface area contributed by atoms with Crippen LogP contribution in [0.15, 0.2) is 18.2 Å². The molecule has 20 heavy (non-hydrogen) atoms. The fourth-order valence-corrected chi connectivity index (χ4v) is 1.74. The Balaban J connectivity index is 2.89. The third-order valence-electron chi connectivity index (χ3n) is 3.05. The van der Waals surface area contributed by atoms with Gasteiger partial charge in [-0.25, -0.2) is 0 Å². The number of ether oxygens (including phenoxy) is 1.